The molecule has 1 aromatic heterocycles. The van der Waals surface area contributed by atoms with Gasteiger partial charge in [0.1, 0.15) is 5.75 Å². The van der Waals surface area contributed by atoms with E-state index in [-0.39, 0.29) is 0 Å². The van der Waals surface area contributed by atoms with Crippen molar-refractivity contribution in [3.05, 3.63) is 18.2 Å². The summed E-state index contributed by atoms with van der Waals surface area (Å²) in [4.78, 5) is 4.27. The molecule has 2 rings (SSSR count). The normalized spacial score (nSPS) is 11.3. The number of nitrogen functional groups attached to an aromatic ring is 1. The fourth-order valence-electron chi connectivity index (χ4n) is 3.50. The minimum atomic E-state index is 0.620. The zero-order valence-corrected chi connectivity index (χ0v) is 18.0. The second-order valence-corrected chi connectivity index (χ2v) is 8.69. The molecule has 3 nitrogen and oxygen atoms in total. The van der Waals surface area contributed by atoms with Gasteiger partial charge in [-0.2, -0.15) is 0 Å². The summed E-state index contributed by atoms with van der Waals surface area (Å²) in [5.41, 5.74) is 6.70. The van der Waals surface area contributed by atoms with Gasteiger partial charge >= 0.3 is 0 Å². The van der Waals surface area contributed by atoms with Crippen LogP contribution >= 0.6 is 11.3 Å². The SMILES string of the molecule is CCCCCCCCCCCCCCCCOc1ccc2nc(N)sc2c1. The van der Waals surface area contributed by atoms with E-state index in [1.54, 1.807) is 0 Å². The maximum absolute atomic E-state index is 5.87. The largest absolute Gasteiger partial charge is 0.494 e. The van der Waals surface area contributed by atoms with Crippen molar-refractivity contribution in [2.45, 2.75) is 96.8 Å². The Bertz CT molecular complexity index is 626. The Morgan fingerprint density at radius 3 is 1.96 bits per heavy atom. The molecule has 0 aliphatic carbocycles. The third-order valence-electron chi connectivity index (χ3n) is 5.14. The van der Waals surface area contributed by atoms with Crippen molar-refractivity contribution in [1.29, 1.82) is 0 Å². The molecule has 152 valence electrons. The second kappa shape index (κ2) is 13.8. The van der Waals surface area contributed by atoms with E-state index >= 15 is 0 Å². The number of hydrogen-bond acceptors (Lipinski definition) is 4. The Morgan fingerprint density at radius 2 is 1.37 bits per heavy atom. The number of ether oxygens (including phenoxy) is 1. The average molecular weight is 391 g/mol. The van der Waals surface area contributed by atoms with E-state index in [0.717, 1.165) is 29.0 Å². The zero-order chi connectivity index (χ0) is 19.2. The first-order chi connectivity index (χ1) is 13.3. The van der Waals surface area contributed by atoms with Crippen LogP contribution in [0.3, 0.4) is 0 Å². The third kappa shape index (κ3) is 9.46. The Kier molecular flexibility index (Phi) is 11.3. The van der Waals surface area contributed by atoms with Crippen molar-refractivity contribution in [2.75, 3.05) is 12.3 Å². The van der Waals surface area contributed by atoms with Gasteiger partial charge in [0.15, 0.2) is 5.13 Å². The molecule has 2 N–H and O–H groups in total. The van der Waals surface area contributed by atoms with E-state index in [4.69, 9.17) is 10.5 Å². The first-order valence-electron chi connectivity index (χ1n) is 11.1. The first-order valence-corrected chi connectivity index (χ1v) is 11.9. The van der Waals surface area contributed by atoms with Gasteiger partial charge in [-0.3, -0.25) is 0 Å². The highest BCUT2D eigenvalue weighted by Crippen LogP contribution is 2.27. The summed E-state index contributed by atoms with van der Waals surface area (Å²) in [7, 11) is 0. The molecule has 4 heteroatoms. The molecular weight excluding hydrogens is 352 g/mol. The standard InChI is InChI=1S/C23H38N2OS/c1-2-3-4-5-6-7-8-9-10-11-12-13-14-15-18-26-20-16-17-21-22(19-20)27-23(24)25-21/h16-17,19H,2-15,18H2,1H3,(H2,24,25). The van der Waals surface area contributed by atoms with E-state index in [1.165, 1.54) is 94.8 Å². The highest BCUT2D eigenvalue weighted by Gasteiger charge is 2.02. The first kappa shape index (κ1) is 22.0. The van der Waals surface area contributed by atoms with Crippen LogP contribution < -0.4 is 10.5 Å². The van der Waals surface area contributed by atoms with Gasteiger partial charge in [0.25, 0.3) is 0 Å². The topological polar surface area (TPSA) is 48.1 Å². The van der Waals surface area contributed by atoms with Crippen LogP contribution in [0.1, 0.15) is 96.8 Å². The van der Waals surface area contributed by atoms with Gasteiger partial charge in [-0.25, -0.2) is 4.98 Å². The van der Waals surface area contributed by atoms with Crippen molar-refractivity contribution < 1.29 is 4.74 Å². The molecule has 0 amide bonds. The van der Waals surface area contributed by atoms with E-state index < -0.39 is 0 Å². The molecule has 2 aromatic rings. The van der Waals surface area contributed by atoms with Crippen molar-refractivity contribution in [3.63, 3.8) is 0 Å². The summed E-state index contributed by atoms with van der Waals surface area (Å²) < 4.78 is 6.97. The van der Waals surface area contributed by atoms with Crippen LogP contribution in [0.4, 0.5) is 5.13 Å². The molecule has 0 aliphatic rings. The van der Waals surface area contributed by atoms with E-state index in [0.29, 0.717) is 5.13 Å². The number of rotatable bonds is 16. The van der Waals surface area contributed by atoms with Gasteiger partial charge < -0.3 is 10.5 Å². The number of aromatic nitrogens is 1. The molecule has 0 aliphatic heterocycles. The summed E-state index contributed by atoms with van der Waals surface area (Å²) in [6.45, 7) is 3.09. The molecule has 0 fully saturated rings. The lowest BCUT2D eigenvalue weighted by Crippen LogP contribution is -1.97. The van der Waals surface area contributed by atoms with Crippen molar-refractivity contribution in [3.8, 4) is 5.75 Å². The number of nitrogens with zero attached hydrogens (tertiary/aromatic N) is 1. The third-order valence-corrected chi connectivity index (χ3v) is 5.99. The van der Waals surface area contributed by atoms with Crippen LogP contribution in [-0.4, -0.2) is 11.6 Å². The van der Waals surface area contributed by atoms with Crippen molar-refractivity contribution in [2.24, 2.45) is 0 Å². The fourth-order valence-corrected chi connectivity index (χ4v) is 4.26. The monoisotopic (exact) mass is 390 g/mol. The summed E-state index contributed by atoms with van der Waals surface area (Å²) in [6, 6.07) is 6.03. The van der Waals surface area contributed by atoms with Crippen LogP contribution in [0, 0.1) is 0 Å². The zero-order valence-electron chi connectivity index (χ0n) is 17.2. The summed E-state index contributed by atoms with van der Waals surface area (Å²) in [6.07, 6.45) is 19.4. The molecule has 1 heterocycles. The number of fused-ring (bicyclic) bond motifs is 1. The van der Waals surface area contributed by atoms with Gasteiger partial charge in [-0.15, -0.1) is 0 Å². The van der Waals surface area contributed by atoms with Crippen molar-refractivity contribution >= 4 is 26.7 Å². The molecule has 0 unspecified atom stereocenters. The molecule has 0 radical (unpaired) electrons. The fraction of sp³-hybridized carbons (Fsp3) is 0.696. The van der Waals surface area contributed by atoms with Gasteiger partial charge in [0, 0.05) is 0 Å². The molecular formula is C23H38N2OS. The maximum Gasteiger partial charge on any atom is 0.181 e. The summed E-state index contributed by atoms with van der Waals surface area (Å²) >= 11 is 1.52. The lowest BCUT2D eigenvalue weighted by atomic mass is 10.0. The minimum Gasteiger partial charge on any atom is -0.494 e. The second-order valence-electron chi connectivity index (χ2n) is 7.63. The number of unbranched alkanes of at least 4 members (excludes halogenated alkanes) is 13. The number of benzene rings is 1. The minimum absolute atomic E-state index is 0.620. The Hall–Kier alpha value is -1.29. The smallest absolute Gasteiger partial charge is 0.181 e. The van der Waals surface area contributed by atoms with Gasteiger partial charge in [-0.05, 0) is 24.6 Å². The average Bonchev–Trinajstić information content (AvgIpc) is 3.04. The van der Waals surface area contributed by atoms with Crippen LogP contribution in [0.2, 0.25) is 0 Å². The highest BCUT2D eigenvalue weighted by molar-refractivity contribution is 7.22. The lowest BCUT2D eigenvalue weighted by Gasteiger charge is -2.06. The van der Waals surface area contributed by atoms with E-state index in [9.17, 15) is 0 Å². The summed E-state index contributed by atoms with van der Waals surface area (Å²) in [5, 5.41) is 0.620. The van der Waals surface area contributed by atoms with Gasteiger partial charge in [0.2, 0.25) is 0 Å². The van der Waals surface area contributed by atoms with Crippen molar-refractivity contribution in [1.82, 2.24) is 4.98 Å². The van der Waals surface area contributed by atoms with Gasteiger partial charge in [-0.1, -0.05) is 102 Å². The van der Waals surface area contributed by atoms with E-state index in [1.807, 2.05) is 18.2 Å². The predicted molar refractivity (Wildman–Crippen MR) is 120 cm³/mol. The number of hydrogen-bond donors (Lipinski definition) is 1. The maximum atomic E-state index is 5.87. The quantitative estimate of drug-likeness (QED) is 0.298. The molecule has 1 aromatic carbocycles. The van der Waals surface area contributed by atoms with Gasteiger partial charge in [0.05, 0.1) is 16.8 Å². The van der Waals surface area contributed by atoms with Crippen LogP contribution in [0.25, 0.3) is 10.2 Å². The molecule has 0 bridgehead atoms. The molecule has 27 heavy (non-hydrogen) atoms. The Balaban J connectivity index is 1.37. The highest BCUT2D eigenvalue weighted by atomic mass is 32.1. The molecule has 0 saturated heterocycles. The Morgan fingerprint density at radius 1 is 0.815 bits per heavy atom. The van der Waals surface area contributed by atoms with Crippen LogP contribution in [0.15, 0.2) is 18.2 Å². The molecule has 0 atom stereocenters. The van der Waals surface area contributed by atoms with E-state index in [2.05, 4.69) is 11.9 Å². The molecule has 0 saturated carbocycles. The summed E-state index contributed by atoms with van der Waals surface area (Å²) in [5.74, 6) is 0.931. The predicted octanol–water partition coefficient (Wildman–Crippen LogP) is 7.74. The molecule has 0 spiro atoms. The number of thiazole rings is 1. The Labute approximate surface area is 169 Å². The van der Waals surface area contributed by atoms with Crippen LogP contribution in [-0.2, 0) is 0 Å². The number of anilines is 1. The lowest BCUT2D eigenvalue weighted by molar-refractivity contribution is 0.304. The van der Waals surface area contributed by atoms with Crippen LogP contribution in [0.5, 0.6) is 5.75 Å². The number of nitrogens with two attached hydrogens (primary N) is 1.